The standard InChI is InChI=1S/C21H20ClNO2/c22-17-10-8-16(9-11-17)21(25)14-23-13-12-20(24)19-7-3-5-15-4-1-2-6-18(15)19/h1-11,21,23,25H,12-14H2. The fraction of sp³-hybridized carbons (Fsp3) is 0.190. The normalized spacial score (nSPS) is 12.2. The predicted molar refractivity (Wildman–Crippen MR) is 102 cm³/mol. The smallest absolute Gasteiger partial charge is 0.164 e. The summed E-state index contributed by atoms with van der Waals surface area (Å²) in [6, 6.07) is 20.8. The third-order valence-electron chi connectivity index (χ3n) is 4.21. The maximum atomic E-state index is 12.5. The number of Topliss-reactive ketones (excluding diaryl/α,β-unsaturated/α-hetero) is 1. The van der Waals surface area contributed by atoms with Crippen molar-refractivity contribution < 1.29 is 9.90 Å². The molecule has 0 aliphatic heterocycles. The third kappa shape index (κ3) is 4.45. The SMILES string of the molecule is O=C(CCNCC(O)c1ccc(Cl)cc1)c1cccc2ccccc12. The van der Waals surface area contributed by atoms with Crippen molar-refractivity contribution in [1.29, 1.82) is 0 Å². The predicted octanol–water partition coefficient (Wildman–Crippen LogP) is 4.39. The van der Waals surface area contributed by atoms with Gasteiger partial charge in [0.1, 0.15) is 0 Å². The van der Waals surface area contributed by atoms with Crippen molar-refractivity contribution in [2.75, 3.05) is 13.1 Å². The van der Waals surface area contributed by atoms with Crippen molar-refractivity contribution in [3.05, 3.63) is 82.9 Å². The summed E-state index contributed by atoms with van der Waals surface area (Å²) in [6.07, 6.45) is -0.230. The minimum atomic E-state index is -0.620. The number of aliphatic hydroxyl groups is 1. The second kappa shape index (κ2) is 8.26. The van der Waals surface area contributed by atoms with Gasteiger partial charge in [0, 0.05) is 30.1 Å². The molecule has 0 aliphatic carbocycles. The van der Waals surface area contributed by atoms with Crippen LogP contribution in [-0.2, 0) is 0 Å². The molecule has 0 saturated carbocycles. The molecule has 4 heteroatoms. The molecule has 3 aromatic carbocycles. The van der Waals surface area contributed by atoms with E-state index in [1.165, 1.54) is 0 Å². The van der Waals surface area contributed by atoms with E-state index < -0.39 is 6.10 Å². The Morgan fingerprint density at radius 3 is 2.52 bits per heavy atom. The van der Waals surface area contributed by atoms with Gasteiger partial charge >= 0.3 is 0 Å². The first-order chi connectivity index (χ1) is 12.1. The molecule has 3 aromatic rings. The average Bonchev–Trinajstić information content (AvgIpc) is 2.65. The lowest BCUT2D eigenvalue weighted by atomic mass is 10.00. The highest BCUT2D eigenvalue weighted by Gasteiger charge is 2.11. The minimum absolute atomic E-state index is 0.102. The van der Waals surface area contributed by atoms with Crippen LogP contribution in [0.2, 0.25) is 5.02 Å². The van der Waals surface area contributed by atoms with Crippen LogP contribution >= 0.6 is 11.6 Å². The minimum Gasteiger partial charge on any atom is -0.387 e. The molecule has 2 N–H and O–H groups in total. The molecule has 0 fully saturated rings. The number of hydrogen-bond acceptors (Lipinski definition) is 3. The Balaban J connectivity index is 1.53. The summed E-state index contributed by atoms with van der Waals surface area (Å²) in [7, 11) is 0. The number of rotatable bonds is 7. The fourth-order valence-corrected chi connectivity index (χ4v) is 2.97. The Labute approximate surface area is 152 Å². The van der Waals surface area contributed by atoms with Gasteiger partial charge in [0.05, 0.1) is 6.10 Å². The number of aliphatic hydroxyl groups excluding tert-OH is 1. The Morgan fingerprint density at radius 1 is 1.00 bits per heavy atom. The largest absolute Gasteiger partial charge is 0.387 e. The molecule has 0 radical (unpaired) electrons. The van der Waals surface area contributed by atoms with Gasteiger partial charge in [-0.3, -0.25) is 4.79 Å². The van der Waals surface area contributed by atoms with Crippen LogP contribution in [0.5, 0.6) is 0 Å². The Hall–Kier alpha value is -2.20. The molecule has 1 atom stereocenters. The molecule has 1 unspecified atom stereocenters. The van der Waals surface area contributed by atoms with E-state index in [2.05, 4.69) is 5.32 Å². The molecule has 3 nitrogen and oxygen atoms in total. The van der Waals surface area contributed by atoms with Crippen LogP contribution < -0.4 is 5.32 Å². The highest BCUT2D eigenvalue weighted by atomic mass is 35.5. The number of fused-ring (bicyclic) bond motifs is 1. The van der Waals surface area contributed by atoms with E-state index in [0.717, 1.165) is 21.9 Å². The highest BCUT2D eigenvalue weighted by Crippen LogP contribution is 2.20. The number of hydrogen-bond donors (Lipinski definition) is 2. The van der Waals surface area contributed by atoms with E-state index in [9.17, 15) is 9.90 Å². The summed E-state index contributed by atoms with van der Waals surface area (Å²) in [5.74, 6) is 0.102. The zero-order valence-electron chi connectivity index (χ0n) is 13.8. The van der Waals surface area contributed by atoms with Crippen molar-refractivity contribution >= 4 is 28.2 Å². The van der Waals surface area contributed by atoms with Crippen molar-refractivity contribution in [3.63, 3.8) is 0 Å². The summed E-state index contributed by atoms with van der Waals surface area (Å²) in [5, 5.41) is 16.0. The van der Waals surface area contributed by atoms with E-state index >= 15 is 0 Å². The van der Waals surface area contributed by atoms with E-state index in [1.54, 1.807) is 24.3 Å². The van der Waals surface area contributed by atoms with Gasteiger partial charge in [-0.1, -0.05) is 66.2 Å². The molecular weight excluding hydrogens is 334 g/mol. The van der Waals surface area contributed by atoms with Crippen LogP contribution in [0.1, 0.15) is 28.4 Å². The third-order valence-corrected chi connectivity index (χ3v) is 4.46. The van der Waals surface area contributed by atoms with Gasteiger partial charge in [0.15, 0.2) is 5.78 Å². The first-order valence-corrected chi connectivity index (χ1v) is 8.68. The molecule has 3 rings (SSSR count). The van der Waals surface area contributed by atoms with E-state index in [1.807, 2.05) is 42.5 Å². The van der Waals surface area contributed by atoms with Gasteiger partial charge in [-0.05, 0) is 28.5 Å². The molecule has 0 bridgehead atoms. The Bertz CT molecular complexity index is 856. The molecule has 0 spiro atoms. The molecule has 25 heavy (non-hydrogen) atoms. The number of nitrogens with one attached hydrogen (secondary N) is 1. The highest BCUT2D eigenvalue weighted by molar-refractivity contribution is 6.30. The summed E-state index contributed by atoms with van der Waals surface area (Å²) in [6.45, 7) is 0.914. The average molecular weight is 354 g/mol. The number of carbonyl (C=O) groups is 1. The molecule has 0 heterocycles. The van der Waals surface area contributed by atoms with Gasteiger partial charge in [-0.2, -0.15) is 0 Å². The van der Waals surface area contributed by atoms with Crippen molar-refractivity contribution in [1.82, 2.24) is 5.32 Å². The first kappa shape index (κ1) is 17.6. The lowest BCUT2D eigenvalue weighted by molar-refractivity contribution is 0.0981. The van der Waals surface area contributed by atoms with Crippen LogP contribution in [-0.4, -0.2) is 24.0 Å². The van der Waals surface area contributed by atoms with Gasteiger partial charge in [-0.25, -0.2) is 0 Å². The zero-order chi connectivity index (χ0) is 17.6. The van der Waals surface area contributed by atoms with Gasteiger partial charge in [0.25, 0.3) is 0 Å². The van der Waals surface area contributed by atoms with Gasteiger partial charge in [-0.15, -0.1) is 0 Å². The molecule has 0 aromatic heterocycles. The van der Waals surface area contributed by atoms with E-state index in [-0.39, 0.29) is 5.78 Å². The summed E-state index contributed by atoms with van der Waals surface area (Å²) in [4.78, 5) is 12.5. The first-order valence-electron chi connectivity index (χ1n) is 8.30. The van der Waals surface area contributed by atoms with Crippen molar-refractivity contribution in [2.45, 2.75) is 12.5 Å². The van der Waals surface area contributed by atoms with Crippen LogP contribution in [0.3, 0.4) is 0 Å². The van der Waals surface area contributed by atoms with Crippen LogP contribution in [0.4, 0.5) is 0 Å². The zero-order valence-corrected chi connectivity index (χ0v) is 14.5. The summed E-state index contributed by atoms with van der Waals surface area (Å²) >= 11 is 5.84. The number of carbonyl (C=O) groups excluding carboxylic acids is 1. The number of benzene rings is 3. The Kier molecular flexibility index (Phi) is 5.82. The quantitative estimate of drug-likeness (QED) is 0.489. The van der Waals surface area contributed by atoms with E-state index in [4.69, 9.17) is 11.6 Å². The van der Waals surface area contributed by atoms with Crippen molar-refractivity contribution in [2.24, 2.45) is 0 Å². The topological polar surface area (TPSA) is 49.3 Å². The molecule has 0 aliphatic rings. The van der Waals surface area contributed by atoms with Crippen molar-refractivity contribution in [3.8, 4) is 0 Å². The number of halogens is 1. The monoisotopic (exact) mass is 353 g/mol. The summed E-state index contributed by atoms with van der Waals surface area (Å²) in [5.41, 5.74) is 1.55. The lowest BCUT2D eigenvalue weighted by Gasteiger charge is -2.12. The van der Waals surface area contributed by atoms with Gasteiger partial charge < -0.3 is 10.4 Å². The van der Waals surface area contributed by atoms with Crippen LogP contribution in [0.25, 0.3) is 10.8 Å². The van der Waals surface area contributed by atoms with Gasteiger partial charge in [0.2, 0.25) is 0 Å². The number of ketones is 1. The maximum Gasteiger partial charge on any atom is 0.164 e. The molecule has 0 amide bonds. The molecule has 0 saturated heterocycles. The van der Waals surface area contributed by atoms with E-state index in [0.29, 0.717) is 24.5 Å². The Morgan fingerprint density at radius 2 is 1.72 bits per heavy atom. The molecule has 128 valence electrons. The second-order valence-corrected chi connectivity index (χ2v) is 6.41. The van der Waals surface area contributed by atoms with Crippen LogP contribution in [0.15, 0.2) is 66.7 Å². The maximum absolute atomic E-state index is 12.5. The second-order valence-electron chi connectivity index (χ2n) is 5.97. The fourth-order valence-electron chi connectivity index (χ4n) is 2.85. The molecular formula is C21H20ClNO2. The summed E-state index contributed by atoms with van der Waals surface area (Å²) < 4.78 is 0. The lowest BCUT2D eigenvalue weighted by Crippen LogP contribution is -2.24. The van der Waals surface area contributed by atoms with Crippen LogP contribution in [0, 0.1) is 0 Å².